The number of hydrogen-bond donors (Lipinski definition) is 2. The summed E-state index contributed by atoms with van der Waals surface area (Å²) in [5.41, 5.74) is 0. The lowest BCUT2D eigenvalue weighted by Crippen LogP contribution is -2.42. The third-order valence-electron chi connectivity index (χ3n) is 2.95. The number of nitrogens with one attached hydrogen (secondary N) is 2. The maximum Gasteiger partial charge on any atom is 0.191 e. The number of thiophene rings is 1. The molecule has 1 aromatic heterocycles. The molecule has 5 heteroatoms. The minimum absolute atomic E-state index is 0.494. The lowest BCUT2D eigenvalue weighted by atomic mass is 10.2. The van der Waals surface area contributed by atoms with Crippen molar-refractivity contribution in [1.82, 2.24) is 10.6 Å². The summed E-state index contributed by atoms with van der Waals surface area (Å²) in [6, 6.07) is 4.51. The van der Waals surface area contributed by atoms with Gasteiger partial charge in [0, 0.05) is 30.4 Å². The Bertz CT molecular complexity index is 445. The molecule has 2 N–H and O–H groups in total. The molecule has 0 unspecified atom stereocenters. The standard InChI is InChI=1S/C14H20ClN3S/c1-2-16-14(18-11-5-3-4-6-11)17-10-9-12-7-8-13(15)19-12/h3-4,7-8,11H,2,5-6,9-10H2,1H3,(H2,16,17,18). The van der Waals surface area contributed by atoms with Crippen LogP contribution in [0.1, 0.15) is 24.6 Å². The van der Waals surface area contributed by atoms with Gasteiger partial charge in [-0.15, -0.1) is 11.3 Å². The molecule has 0 atom stereocenters. The predicted octanol–water partition coefficient (Wildman–Crippen LogP) is 3.22. The van der Waals surface area contributed by atoms with Gasteiger partial charge in [0.05, 0.1) is 4.34 Å². The summed E-state index contributed by atoms with van der Waals surface area (Å²) in [6.45, 7) is 3.76. The summed E-state index contributed by atoms with van der Waals surface area (Å²) in [5.74, 6) is 0.916. The number of rotatable bonds is 5. The molecular formula is C14H20ClN3S. The zero-order valence-corrected chi connectivity index (χ0v) is 12.7. The molecule has 1 heterocycles. The van der Waals surface area contributed by atoms with Gasteiger partial charge in [0.25, 0.3) is 0 Å². The number of aliphatic imine (C=N–C) groups is 1. The molecule has 104 valence electrons. The first-order chi connectivity index (χ1) is 9.28. The third kappa shape index (κ3) is 4.88. The van der Waals surface area contributed by atoms with Gasteiger partial charge in [-0.2, -0.15) is 0 Å². The Balaban J connectivity index is 1.81. The molecule has 0 amide bonds. The fourth-order valence-electron chi connectivity index (χ4n) is 2.01. The van der Waals surface area contributed by atoms with Gasteiger partial charge < -0.3 is 10.6 Å². The average molecular weight is 298 g/mol. The first-order valence-corrected chi connectivity index (χ1v) is 7.91. The van der Waals surface area contributed by atoms with E-state index in [9.17, 15) is 0 Å². The Morgan fingerprint density at radius 3 is 2.84 bits per heavy atom. The van der Waals surface area contributed by atoms with Crippen molar-refractivity contribution in [3.63, 3.8) is 0 Å². The van der Waals surface area contributed by atoms with Crippen LogP contribution in [0.2, 0.25) is 4.34 Å². The molecule has 0 bridgehead atoms. The van der Waals surface area contributed by atoms with Crippen molar-refractivity contribution < 1.29 is 0 Å². The molecule has 0 saturated heterocycles. The number of nitrogens with zero attached hydrogens (tertiary/aromatic N) is 1. The van der Waals surface area contributed by atoms with Crippen LogP contribution in [0, 0.1) is 0 Å². The Labute approximate surface area is 123 Å². The molecule has 0 aliphatic heterocycles. The molecule has 0 aromatic carbocycles. The largest absolute Gasteiger partial charge is 0.357 e. The smallest absolute Gasteiger partial charge is 0.191 e. The maximum absolute atomic E-state index is 5.92. The highest BCUT2D eigenvalue weighted by atomic mass is 35.5. The molecule has 1 aliphatic carbocycles. The first kappa shape index (κ1) is 14.4. The minimum Gasteiger partial charge on any atom is -0.357 e. The molecular weight excluding hydrogens is 278 g/mol. The maximum atomic E-state index is 5.92. The summed E-state index contributed by atoms with van der Waals surface area (Å²) in [5, 5.41) is 6.75. The second kappa shape index (κ2) is 7.56. The van der Waals surface area contributed by atoms with Gasteiger partial charge in [-0.1, -0.05) is 23.8 Å². The van der Waals surface area contributed by atoms with Crippen LogP contribution in [0.4, 0.5) is 0 Å². The molecule has 0 spiro atoms. The second-order valence-corrected chi connectivity index (χ2v) is 6.30. The lowest BCUT2D eigenvalue weighted by molar-refractivity contribution is 0.633. The van der Waals surface area contributed by atoms with Crippen molar-refractivity contribution in [3.05, 3.63) is 33.5 Å². The zero-order chi connectivity index (χ0) is 13.5. The van der Waals surface area contributed by atoms with Gasteiger partial charge in [-0.25, -0.2) is 0 Å². The van der Waals surface area contributed by atoms with E-state index in [2.05, 4.69) is 40.8 Å². The summed E-state index contributed by atoms with van der Waals surface area (Å²) in [6.07, 6.45) is 7.55. The molecule has 3 nitrogen and oxygen atoms in total. The Hall–Kier alpha value is -1.00. The Morgan fingerprint density at radius 2 is 2.21 bits per heavy atom. The summed E-state index contributed by atoms with van der Waals surface area (Å²) in [7, 11) is 0. The number of guanidine groups is 1. The van der Waals surface area contributed by atoms with Crippen LogP contribution >= 0.6 is 22.9 Å². The molecule has 0 radical (unpaired) electrons. The highest BCUT2D eigenvalue weighted by molar-refractivity contribution is 7.16. The van der Waals surface area contributed by atoms with Gasteiger partial charge in [0.2, 0.25) is 0 Å². The van der Waals surface area contributed by atoms with E-state index in [-0.39, 0.29) is 0 Å². The second-order valence-electron chi connectivity index (χ2n) is 4.50. The van der Waals surface area contributed by atoms with Crippen molar-refractivity contribution in [2.75, 3.05) is 13.1 Å². The van der Waals surface area contributed by atoms with Crippen molar-refractivity contribution in [1.29, 1.82) is 0 Å². The van der Waals surface area contributed by atoms with Crippen LogP contribution in [-0.2, 0) is 6.42 Å². The van der Waals surface area contributed by atoms with Crippen molar-refractivity contribution in [2.45, 2.75) is 32.2 Å². The van der Waals surface area contributed by atoms with E-state index < -0.39 is 0 Å². The van der Waals surface area contributed by atoms with Gasteiger partial charge >= 0.3 is 0 Å². The minimum atomic E-state index is 0.494. The van der Waals surface area contributed by atoms with Crippen molar-refractivity contribution >= 4 is 28.9 Å². The van der Waals surface area contributed by atoms with E-state index in [4.69, 9.17) is 11.6 Å². The molecule has 0 fully saturated rings. The Kier molecular flexibility index (Phi) is 5.73. The van der Waals surface area contributed by atoms with E-state index in [1.165, 1.54) is 4.88 Å². The zero-order valence-electron chi connectivity index (χ0n) is 11.2. The van der Waals surface area contributed by atoms with Crippen LogP contribution < -0.4 is 10.6 Å². The summed E-state index contributed by atoms with van der Waals surface area (Å²) >= 11 is 7.55. The normalized spacial score (nSPS) is 16.0. The SMILES string of the molecule is CCNC(=NCCc1ccc(Cl)s1)NC1CC=CC1. The van der Waals surface area contributed by atoms with Crippen LogP contribution in [0.15, 0.2) is 29.3 Å². The third-order valence-corrected chi connectivity index (χ3v) is 4.24. The highest BCUT2D eigenvalue weighted by Crippen LogP contribution is 2.21. The molecule has 1 aliphatic rings. The highest BCUT2D eigenvalue weighted by Gasteiger charge is 2.11. The van der Waals surface area contributed by atoms with Crippen LogP contribution in [0.5, 0.6) is 0 Å². The van der Waals surface area contributed by atoms with E-state index in [1.54, 1.807) is 11.3 Å². The molecule has 19 heavy (non-hydrogen) atoms. The van der Waals surface area contributed by atoms with E-state index in [1.807, 2.05) is 6.07 Å². The monoisotopic (exact) mass is 297 g/mol. The van der Waals surface area contributed by atoms with Gasteiger partial charge in [0.1, 0.15) is 0 Å². The number of halogens is 1. The van der Waals surface area contributed by atoms with Crippen LogP contribution in [0.25, 0.3) is 0 Å². The van der Waals surface area contributed by atoms with Crippen LogP contribution in [-0.4, -0.2) is 25.1 Å². The quantitative estimate of drug-likeness (QED) is 0.497. The van der Waals surface area contributed by atoms with Crippen LogP contribution in [0.3, 0.4) is 0 Å². The predicted molar refractivity (Wildman–Crippen MR) is 84.3 cm³/mol. The summed E-state index contributed by atoms with van der Waals surface area (Å²) < 4.78 is 0.848. The topological polar surface area (TPSA) is 36.4 Å². The van der Waals surface area contributed by atoms with Crippen molar-refractivity contribution in [3.8, 4) is 0 Å². The average Bonchev–Trinajstić information content (AvgIpc) is 3.01. The lowest BCUT2D eigenvalue weighted by Gasteiger charge is -2.16. The molecule has 2 rings (SSSR count). The fourth-order valence-corrected chi connectivity index (χ4v) is 3.09. The fraction of sp³-hybridized carbons (Fsp3) is 0.500. The molecule has 0 saturated carbocycles. The Morgan fingerprint density at radius 1 is 1.42 bits per heavy atom. The van der Waals surface area contributed by atoms with E-state index >= 15 is 0 Å². The van der Waals surface area contributed by atoms with E-state index in [0.717, 1.165) is 42.6 Å². The van der Waals surface area contributed by atoms with Gasteiger partial charge in [-0.3, -0.25) is 4.99 Å². The van der Waals surface area contributed by atoms with E-state index in [0.29, 0.717) is 6.04 Å². The number of hydrogen-bond acceptors (Lipinski definition) is 2. The summed E-state index contributed by atoms with van der Waals surface area (Å²) in [4.78, 5) is 5.90. The molecule has 1 aromatic rings. The van der Waals surface area contributed by atoms with Gasteiger partial charge in [-0.05, 0) is 31.9 Å². The van der Waals surface area contributed by atoms with Crippen molar-refractivity contribution in [2.24, 2.45) is 4.99 Å². The van der Waals surface area contributed by atoms with Gasteiger partial charge in [0.15, 0.2) is 5.96 Å². The first-order valence-electron chi connectivity index (χ1n) is 6.72.